The number of aliphatic hydroxyl groups is 1. The molecule has 5 atom stereocenters. The van der Waals surface area contributed by atoms with E-state index in [9.17, 15) is 32.4 Å². The summed E-state index contributed by atoms with van der Waals surface area (Å²) in [6, 6.07) is 9.64. The second-order valence-electron chi connectivity index (χ2n) is 10.1. The third-order valence-electron chi connectivity index (χ3n) is 6.53. The van der Waals surface area contributed by atoms with Gasteiger partial charge in [-0.25, -0.2) is 22.5 Å². The number of aliphatic hydroxyl groups excluding tert-OH is 1. The third-order valence-corrected chi connectivity index (χ3v) is 8.14. The van der Waals surface area contributed by atoms with Crippen molar-refractivity contribution in [3.8, 4) is 5.75 Å². The van der Waals surface area contributed by atoms with Crippen molar-refractivity contribution in [2.24, 2.45) is 0 Å². The molecule has 4 rings (SSSR count). The van der Waals surface area contributed by atoms with E-state index < -0.39 is 80.1 Å². The largest absolute Gasteiger partial charge is 0.462 e. The molecule has 4 N–H and O–H groups in total. The van der Waals surface area contributed by atoms with Crippen LogP contribution in [0.2, 0.25) is 0 Å². The minimum atomic E-state index is -5.00. The van der Waals surface area contributed by atoms with Crippen molar-refractivity contribution in [3.05, 3.63) is 65.0 Å². The maximum atomic E-state index is 15.3. The Morgan fingerprint density at radius 3 is 2.52 bits per heavy atom. The quantitative estimate of drug-likeness (QED) is 0.157. The van der Waals surface area contributed by atoms with Gasteiger partial charge in [0.05, 0.1) is 18.9 Å². The second kappa shape index (κ2) is 12.4. The fraction of sp³-hybridized carbons (Fsp3) is 0.423. The van der Waals surface area contributed by atoms with Gasteiger partial charge in [0.1, 0.15) is 11.8 Å². The Bertz CT molecular complexity index is 1640. The van der Waals surface area contributed by atoms with Crippen LogP contribution in [0.25, 0.3) is 10.8 Å². The molecule has 1 aliphatic rings. The van der Waals surface area contributed by atoms with E-state index in [1.165, 1.54) is 32.9 Å². The van der Waals surface area contributed by atoms with Crippen LogP contribution in [-0.2, 0) is 23.4 Å². The highest BCUT2D eigenvalue weighted by molar-refractivity contribution is 7.52. The Labute approximate surface area is 246 Å². The molecule has 1 aromatic heterocycles. The summed E-state index contributed by atoms with van der Waals surface area (Å²) in [6.45, 7) is 2.51. The molecule has 0 amide bonds. The average Bonchev–Trinajstić information content (AvgIpc) is 3.15. The summed E-state index contributed by atoms with van der Waals surface area (Å²) in [7, 11) is -5.00. The normalized spacial score (nSPS) is 23.5. The zero-order valence-electron chi connectivity index (χ0n) is 23.3. The SMILES string of the molecule is CC(C)OC(=O)[C@H](C)NP(=O)(OC[C@@]1(C(F)F)O[C@@H](n2cc(F)c(N)nc2=O)C(F)(F)[C@@H]1O)Oc1cccc2ccccc12. The third kappa shape index (κ3) is 6.42. The molecule has 1 saturated heterocycles. The molecule has 1 aliphatic heterocycles. The van der Waals surface area contributed by atoms with Gasteiger partial charge in [0, 0.05) is 5.39 Å². The first-order valence-electron chi connectivity index (χ1n) is 13.0. The number of anilines is 1. The number of hydrogen-bond acceptors (Lipinski definition) is 10. The van der Waals surface area contributed by atoms with Crippen LogP contribution < -0.4 is 21.0 Å². The zero-order chi connectivity index (χ0) is 32.6. The molecular formula is C26H28F5N4O8P. The Hall–Kier alpha value is -3.63. The summed E-state index contributed by atoms with van der Waals surface area (Å²) in [5.74, 6) is -8.14. The highest BCUT2D eigenvalue weighted by Gasteiger charge is 2.71. The number of carbonyl (C=O) groups excluding carboxylic acids is 1. The number of rotatable bonds is 11. The summed E-state index contributed by atoms with van der Waals surface area (Å²) >= 11 is 0. The van der Waals surface area contributed by atoms with Gasteiger partial charge in [0.25, 0.3) is 6.43 Å². The lowest BCUT2D eigenvalue weighted by Gasteiger charge is -2.32. The van der Waals surface area contributed by atoms with Gasteiger partial charge in [-0.1, -0.05) is 36.4 Å². The van der Waals surface area contributed by atoms with Gasteiger partial charge in [-0.15, -0.1) is 0 Å². The number of nitrogen functional groups attached to an aromatic ring is 1. The van der Waals surface area contributed by atoms with Crippen LogP contribution in [0.1, 0.15) is 27.0 Å². The fourth-order valence-corrected chi connectivity index (χ4v) is 5.88. The van der Waals surface area contributed by atoms with E-state index in [0.717, 1.165) is 0 Å². The molecule has 0 spiro atoms. The van der Waals surface area contributed by atoms with Crippen molar-refractivity contribution < 1.29 is 54.9 Å². The number of esters is 1. The minimum Gasteiger partial charge on any atom is -0.462 e. The maximum Gasteiger partial charge on any atom is 0.459 e. The zero-order valence-corrected chi connectivity index (χ0v) is 24.2. The van der Waals surface area contributed by atoms with Crippen LogP contribution in [0.5, 0.6) is 5.75 Å². The van der Waals surface area contributed by atoms with E-state index in [1.807, 2.05) is 0 Å². The molecule has 3 aromatic rings. The van der Waals surface area contributed by atoms with E-state index in [1.54, 1.807) is 30.3 Å². The summed E-state index contributed by atoms with van der Waals surface area (Å²) in [4.78, 5) is 27.7. The standard InChI is InChI=1S/C26H28F5N4O8P/c1-13(2)41-20(36)14(3)34-44(39,43-18-10-6-8-15-7-4-5-9-16(15)18)40-12-25(22(28)29)21(37)26(30,31)23(42-25)35-11-17(27)19(32)33-24(35)38/h4-11,13-14,21-23,37H,12H2,1-3H3,(H,34,39)(H2,32,33,38)/t14-,21+,23+,25+,44?/m0/s1. The van der Waals surface area contributed by atoms with Crippen LogP contribution in [-0.4, -0.2) is 63.4 Å². The van der Waals surface area contributed by atoms with Crippen molar-refractivity contribution in [3.63, 3.8) is 0 Å². The molecule has 12 nitrogen and oxygen atoms in total. The molecule has 0 radical (unpaired) electrons. The average molecular weight is 650 g/mol. The van der Waals surface area contributed by atoms with Crippen LogP contribution in [0.4, 0.5) is 27.8 Å². The number of carbonyl (C=O) groups is 1. The van der Waals surface area contributed by atoms with Crippen molar-refractivity contribution >= 4 is 30.3 Å². The number of alkyl halides is 4. The molecule has 1 unspecified atom stereocenters. The number of nitrogens with one attached hydrogen (secondary N) is 1. The summed E-state index contributed by atoms with van der Waals surface area (Å²) in [5, 5.41) is 13.7. The lowest BCUT2D eigenvalue weighted by atomic mass is 9.96. The highest BCUT2D eigenvalue weighted by atomic mass is 31.2. The first-order valence-corrected chi connectivity index (χ1v) is 14.5. The molecule has 0 bridgehead atoms. The van der Waals surface area contributed by atoms with Crippen LogP contribution in [0.3, 0.4) is 0 Å². The van der Waals surface area contributed by atoms with Gasteiger partial charge >= 0.3 is 25.3 Å². The van der Waals surface area contributed by atoms with E-state index in [0.29, 0.717) is 10.8 Å². The van der Waals surface area contributed by atoms with Crippen molar-refractivity contribution in [2.45, 2.75) is 63.2 Å². The fourth-order valence-electron chi connectivity index (χ4n) is 4.33. The lowest BCUT2D eigenvalue weighted by molar-refractivity contribution is -0.193. The summed E-state index contributed by atoms with van der Waals surface area (Å²) < 4.78 is 108. The van der Waals surface area contributed by atoms with Crippen molar-refractivity contribution in [2.75, 3.05) is 12.3 Å². The molecule has 2 heterocycles. The first-order chi connectivity index (χ1) is 20.5. The van der Waals surface area contributed by atoms with Crippen LogP contribution in [0, 0.1) is 5.82 Å². The Kier molecular flexibility index (Phi) is 9.38. The number of halogens is 5. The lowest BCUT2D eigenvalue weighted by Crippen LogP contribution is -2.54. The highest BCUT2D eigenvalue weighted by Crippen LogP contribution is 2.53. The molecule has 2 aromatic carbocycles. The first kappa shape index (κ1) is 33.3. The predicted molar refractivity (Wildman–Crippen MR) is 145 cm³/mol. The molecule has 0 saturated carbocycles. The van der Waals surface area contributed by atoms with Gasteiger partial charge < -0.3 is 24.8 Å². The van der Waals surface area contributed by atoms with Crippen molar-refractivity contribution in [1.29, 1.82) is 0 Å². The van der Waals surface area contributed by atoms with Crippen LogP contribution >= 0.6 is 7.75 Å². The van der Waals surface area contributed by atoms with E-state index in [-0.39, 0.29) is 16.5 Å². The van der Waals surface area contributed by atoms with Crippen LogP contribution in [0.15, 0.2) is 53.5 Å². The van der Waals surface area contributed by atoms with Gasteiger partial charge in [0.2, 0.25) is 6.23 Å². The molecule has 0 aliphatic carbocycles. The number of benzene rings is 2. The number of hydrogen-bond donors (Lipinski definition) is 3. The topological polar surface area (TPSA) is 164 Å². The Morgan fingerprint density at radius 1 is 1.20 bits per heavy atom. The monoisotopic (exact) mass is 650 g/mol. The number of nitrogens with zero attached hydrogens (tertiary/aromatic N) is 2. The molecular weight excluding hydrogens is 622 g/mol. The maximum absolute atomic E-state index is 15.3. The second-order valence-corrected chi connectivity index (χ2v) is 11.8. The molecule has 44 heavy (non-hydrogen) atoms. The van der Waals surface area contributed by atoms with E-state index >= 15 is 8.78 Å². The number of ether oxygens (including phenoxy) is 2. The molecule has 240 valence electrons. The van der Waals surface area contributed by atoms with E-state index in [2.05, 4.69) is 10.1 Å². The number of nitrogens with two attached hydrogens (primary N) is 1. The van der Waals surface area contributed by atoms with Crippen molar-refractivity contribution in [1.82, 2.24) is 14.6 Å². The number of fused-ring (bicyclic) bond motifs is 1. The Balaban J connectivity index is 1.72. The van der Waals surface area contributed by atoms with Gasteiger partial charge in [-0.05, 0) is 32.2 Å². The summed E-state index contributed by atoms with van der Waals surface area (Å²) in [6.07, 6.45) is -10.8. The van der Waals surface area contributed by atoms with Gasteiger partial charge in [-0.3, -0.25) is 13.9 Å². The summed E-state index contributed by atoms with van der Waals surface area (Å²) in [5.41, 5.74) is -0.0976. The minimum absolute atomic E-state index is 0.111. The Morgan fingerprint density at radius 2 is 1.86 bits per heavy atom. The van der Waals surface area contributed by atoms with E-state index in [4.69, 9.17) is 24.3 Å². The smallest absolute Gasteiger partial charge is 0.459 e. The number of aromatic nitrogens is 2. The molecule has 18 heteroatoms. The van der Waals surface area contributed by atoms with Gasteiger partial charge in [0.15, 0.2) is 23.3 Å². The molecule has 1 fully saturated rings. The van der Waals surface area contributed by atoms with Gasteiger partial charge in [-0.2, -0.15) is 18.9 Å². The predicted octanol–water partition coefficient (Wildman–Crippen LogP) is 3.78.